The van der Waals surface area contributed by atoms with Crippen molar-refractivity contribution >= 4 is 33.4 Å². The van der Waals surface area contributed by atoms with Crippen molar-refractivity contribution in [1.82, 2.24) is 4.90 Å². The molecule has 2 rings (SSSR count). The fraction of sp³-hybridized carbons (Fsp3) is 0.583. The molecule has 0 bridgehead atoms. The van der Waals surface area contributed by atoms with Crippen LogP contribution in [0, 0.1) is 0 Å². The maximum Gasteiger partial charge on any atom is 0.289 e. The number of furan rings is 1. The number of likely N-dealkylation sites (tertiary alicyclic amines) is 1. The molecule has 1 aliphatic heterocycles. The molecule has 5 heteroatoms. The lowest BCUT2D eigenvalue weighted by atomic mass is 9.99. The van der Waals surface area contributed by atoms with E-state index in [1.54, 1.807) is 12.1 Å². The number of alkyl halides is 1. The summed E-state index contributed by atoms with van der Waals surface area (Å²) in [5, 5.41) is 0. The molecular formula is C12H15BrClNO2. The standard InChI is InChI=1S/C12H15BrClNO2/c13-11-5-4-10(17-11)12(16)15-8-2-1-3-9(15)6-7-14/h4-5,9H,1-3,6-8H2. The maximum atomic E-state index is 12.3. The second-order valence-corrected chi connectivity index (χ2v) is 5.39. The van der Waals surface area contributed by atoms with Crippen molar-refractivity contribution in [2.24, 2.45) is 0 Å². The number of hydrogen-bond acceptors (Lipinski definition) is 2. The van der Waals surface area contributed by atoms with Gasteiger partial charge in [0.05, 0.1) is 0 Å². The first kappa shape index (κ1) is 13.0. The lowest BCUT2D eigenvalue weighted by Crippen LogP contribution is -2.43. The minimum absolute atomic E-state index is 0.0227. The van der Waals surface area contributed by atoms with Gasteiger partial charge in [0, 0.05) is 18.5 Å². The van der Waals surface area contributed by atoms with Crippen molar-refractivity contribution in [3.05, 3.63) is 22.6 Å². The zero-order valence-corrected chi connectivity index (χ0v) is 11.8. The number of halogens is 2. The number of carbonyl (C=O) groups excluding carboxylic acids is 1. The number of piperidine rings is 1. The fourth-order valence-corrected chi connectivity index (χ4v) is 2.82. The van der Waals surface area contributed by atoms with Crippen LogP contribution in [0.15, 0.2) is 21.2 Å². The highest BCUT2D eigenvalue weighted by Gasteiger charge is 2.28. The van der Waals surface area contributed by atoms with E-state index >= 15 is 0 Å². The van der Waals surface area contributed by atoms with Gasteiger partial charge in [-0.1, -0.05) is 0 Å². The van der Waals surface area contributed by atoms with Crippen LogP contribution in [0.2, 0.25) is 0 Å². The Hall–Kier alpha value is -0.480. The molecule has 1 amide bonds. The number of carbonyl (C=O) groups is 1. The summed E-state index contributed by atoms with van der Waals surface area (Å²) in [6.07, 6.45) is 4.13. The first-order chi connectivity index (χ1) is 8.22. The van der Waals surface area contributed by atoms with Crippen molar-refractivity contribution in [3.63, 3.8) is 0 Å². The summed E-state index contributed by atoms with van der Waals surface area (Å²) < 4.78 is 5.91. The van der Waals surface area contributed by atoms with Crippen molar-refractivity contribution < 1.29 is 9.21 Å². The number of nitrogens with zero attached hydrogens (tertiary/aromatic N) is 1. The summed E-state index contributed by atoms with van der Waals surface area (Å²) in [4.78, 5) is 14.2. The summed E-state index contributed by atoms with van der Waals surface area (Å²) in [7, 11) is 0. The van der Waals surface area contributed by atoms with Crippen LogP contribution in [-0.4, -0.2) is 29.3 Å². The highest BCUT2D eigenvalue weighted by molar-refractivity contribution is 9.10. The predicted octanol–water partition coefficient (Wildman–Crippen LogP) is 3.67. The Bertz CT molecular complexity index is 392. The average molecular weight is 321 g/mol. The molecule has 0 aromatic carbocycles. The molecule has 1 aliphatic rings. The third kappa shape index (κ3) is 3.05. The van der Waals surface area contributed by atoms with E-state index in [0.717, 1.165) is 25.8 Å². The summed E-state index contributed by atoms with van der Waals surface area (Å²) >= 11 is 9.00. The van der Waals surface area contributed by atoms with Crippen LogP contribution < -0.4 is 0 Å². The Kier molecular flexibility index (Phi) is 4.51. The quantitative estimate of drug-likeness (QED) is 0.796. The second kappa shape index (κ2) is 5.91. The summed E-state index contributed by atoms with van der Waals surface area (Å²) in [6, 6.07) is 3.71. The normalized spacial score (nSPS) is 20.6. The molecule has 1 aromatic heterocycles. The zero-order valence-electron chi connectivity index (χ0n) is 9.49. The predicted molar refractivity (Wildman–Crippen MR) is 70.4 cm³/mol. The molecule has 0 spiro atoms. The average Bonchev–Trinajstić information content (AvgIpc) is 2.76. The topological polar surface area (TPSA) is 33.5 Å². The lowest BCUT2D eigenvalue weighted by Gasteiger charge is -2.34. The van der Waals surface area contributed by atoms with Crippen LogP contribution >= 0.6 is 27.5 Å². The summed E-state index contributed by atoms with van der Waals surface area (Å²) in [5.74, 6) is 0.972. The van der Waals surface area contributed by atoms with Gasteiger partial charge in [0.1, 0.15) is 0 Å². The van der Waals surface area contributed by atoms with E-state index in [9.17, 15) is 4.79 Å². The number of amides is 1. The maximum absolute atomic E-state index is 12.3. The van der Waals surface area contributed by atoms with Crippen molar-refractivity contribution in [3.8, 4) is 0 Å². The minimum Gasteiger partial charge on any atom is -0.444 e. The Labute approximate surface area is 114 Å². The third-order valence-corrected chi connectivity index (χ3v) is 3.76. The molecule has 0 aliphatic carbocycles. The molecule has 1 unspecified atom stereocenters. The van der Waals surface area contributed by atoms with E-state index < -0.39 is 0 Å². The molecule has 94 valence electrons. The molecule has 2 heterocycles. The van der Waals surface area contributed by atoms with E-state index in [1.807, 2.05) is 4.90 Å². The van der Waals surface area contributed by atoms with E-state index in [-0.39, 0.29) is 11.9 Å². The van der Waals surface area contributed by atoms with Gasteiger partial charge >= 0.3 is 0 Å². The molecule has 17 heavy (non-hydrogen) atoms. The van der Waals surface area contributed by atoms with Crippen molar-refractivity contribution in [2.45, 2.75) is 31.7 Å². The van der Waals surface area contributed by atoms with Gasteiger partial charge in [-0.3, -0.25) is 4.79 Å². The van der Waals surface area contributed by atoms with Crippen LogP contribution in [0.1, 0.15) is 36.2 Å². The Morgan fingerprint density at radius 3 is 3.00 bits per heavy atom. The number of hydrogen-bond donors (Lipinski definition) is 0. The Morgan fingerprint density at radius 2 is 2.35 bits per heavy atom. The molecule has 0 N–H and O–H groups in total. The monoisotopic (exact) mass is 319 g/mol. The van der Waals surface area contributed by atoms with E-state index in [2.05, 4.69) is 15.9 Å². The zero-order chi connectivity index (χ0) is 12.3. The molecule has 1 atom stereocenters. The third-order valence-electron chi connectivity index (χ3n) is 3.11. The van der Waals surface area contributed by atoms with Gasteiger partial charge in [0.15, 0.2) is 10.4 Å². The van der Waals surface area contributed by atoms with Crippen LogP contribution in [0.5, 0.6) is 0 Å². The Balaban J connectivity index is 2.10. The smallest absolute Gasteiger partial charge is 0.289 e. The molecular weight excluding hydrogens is 305 g/mol. The van der Waals surface area contributed by atoms with Gasteiger partial charge in [0.25, 0.3) is 5.91 Å². The Morgan fingerprint density at radius 1 is 1.53 bits per heavy atom. The molecule has 1 fully saturated rings. The first-order valence-electron chi connectivity index (χ1n) is 5.84. The van der Waals surface area contributed by atoms with Gasteiger partial charge in [0.2, 0.25) is 0 Å². The second-order valence-electron chi connectivity index (χ2n) is 4.23. The molecule has 0 saturated carbocycles. The van der Waals surface area contributed by atoms with Gasteiger partial charge in [-0.05, 0) is 53.7 Å². The largest absolute Gasteiger partial charge is 0.444 e. The first-order valence-corrected chi connectivity index (χ1v) is 7.17. The minimum atomic E-state index is -0.0227. The van der Waals surface area contributed by atoms with Gasteiger partial charge in [-0.15, -0.1) is 11.6 Å². The summed E-state index contributed by atoms with van der Waals surface area (Å²) in [6.45, 7) is 0.804. The highest BCUT2D eigenvalue weighted by Crippen LogP contribution is 2.24. The van der Waals surface area contributed by atoms with Gasteiger partial charge in [-0.2, -0.15) is 0 Å². The molecule has 0 radical (unpaired) electrons. The lowest BCUT2D eigenvalue weighted by molar-refractivity contribution is 0.0575. The van der Waals surface area contributed by atoms with Gasteiger partial charge in [-0.25, -0.2) is 0 Å². The molecule has 1 aromatic rings. The van der Waals surface area contributed by atoms with Crippen LogP contribution in [0.4, 0.5) is 0 Å². The van der Waals surface area contributed by atoms with Crippen molar-refractivity contribution in [1.29, 1.82) is 0 Å². The number of rotatable bonds is 3. The van der Waals surface area contributed by atoms with Crippen molar-refractivity contribution in [2.75, 3.05) is 12.4 Å². The highest BCUT2D eigenvalue weighted by atomic mass is 79.9. The van der Waals surface area contributed by atoms with E-state index in [1.165, 1.54) is 6.42 Å². The molecule has 1 saturated heterocycles. The van der Waals surface area contributed by atoms with E-state index in [0.29, 0.717) is 16.3 Å². The van der Waals surface area contributed by atoms with E-state index in [4.69, 9.17) is 16.0 Å². The molecule has 3 nitrogen and oxygen atoms in total. The van der Waals surface area contributed by atoms with Crippen LogP contribution in [-0.2, 0) is 0 Å². The van der Waals surface area contributed by atoms with Crippen LogP contribution in [0.3, 0.4) is 0 Å². The summed E-state index contributed by atoms with van der Waals surface area (Å²) in [5.41, 5.74) is 0. The van der Waals surface area contributed by atoms with Gasteiger partial charge < -0.3 is 9.32 Å². The SMILES string of the molecule is O=C(c1ccc(Br)o1)N1CCCCC1CCCl. The fourth-order valence-electron chi connectivity index (χ4n) is 2.26. The van der Waals surface area contributed by atoms with Crippen LogP contribution in [0.25, 0.3) is 0 Å².